The summed E-state index contributed by atoms with van der Waals surface area (Å²) in [5, 5.41) is 6.80. The molecule has 1 fully saturated rings. The topological polar surface area (TPSA) is 94.0 Å². The van der Waals surface area contributed by atoms with Crippen molar-refractivity contribution >= 4 is 15.7 Å². The van der Waals surface area contributed by atoms with Crippen molar-refractivity contribution in [2.24, 2.45) is 11.3 Å². The van der Waals surface area contributed by atoms with Gasteiger partial charge in [-0.15, -0.1) is 0 Å². The zero-order valence-electron chi connectivity index (χ0n) is 22.7. The molecule has 2 aromatic heterocycles. The SMILES string of the molecule is CCn1nc(C(=O)NC[C@H]2CC[C@@H](S(C)(=O)=O)CC2)c(C)c1-c1cnc(CC(C)(C)C(F)(F)F)cc1C(F)F. The first kappa shape index (κ1) is 31.0. The number of pyridine rings is 1. The summed E-state index contributed by atoms with van der Waals surface area (Å²) in [5.41, 5.74) is -2.09. The summed E-state index contributed by atoms with van der Waals surface area (Å²) >= 11 is 0. The quantitative estimate of drug-likeness (QED) is 0.387. The molecule has 2 heterocycles. The lowest BCUT2D eigenvalue weighted by Gasteiger charge is -2.27. The molecule has 1 saturated carbocycles. The van der Waals surface area contributed by atoms with Crippen molar-refractivity contribution in [2.75, 3.05) is 12.8 Å². The van der Waals surface area contributed by atoms with E-state index in [0.29, 0.717) is 37.8 Å². The van der Waals surface area contributed by atoms with Gasteiger partial charge in [-0.25, -0.2) is 17.2 Å². The molecule has 218 valence electrons. The van der Waals surface area contributed by atoms with E-state index in [1.165, 1.54) is 10.9 Å². The van der Waals surface area contributed by atoms with Gasteiger partial charge in [0.15, 0.2) is 5.69 Å². The number of hydrogen-bond acceptors (Lipinski definition) is 5. The Morgan fingerprint density at radius 2 is 1.79 bits per heavy atom. The van der Waals surface area contributed by atoms with Crippen molar-refractivity contribution < 1.29 is 35.2 Å². The Bertz CT molecular complexity index is 1300. The van der Waals surface area contributed by atoms with Gasteiger partial charge in [-0.1, -0.05) is 13.8 Å². The summed E-state index contributed by atoms with van der Waals surface area (Å²) in [6, 6.07) is 0.993. The van der Waals surface area contributed by atoms with Crippen LogP contribution in [-0.2, 0) is 22.8 Å². The number of rotatable bonds is 9. The summed E-state index contributed by atoms with van der Waals surface area (Å²) in [5.74, 6) is -0.371. The Kier molecular flexibility index (Phi) is 9.13. The number of carbonyl (C=O) groups excluding carboxylic acids is 1. The molecular weight excluding hydrogens is 543 g/mol. The van der Waals surface area contributed by atoms with Crippen molar-refractivity contribution in [1.29, 1.82) is 0 Å². The molecule has 13 heteroatoms. The normalized spacial score (nSPS) is 18.9. The third kappa shape index (κ3) is 6.96. The molecule has 1 aliphatic carbocycles. The van der Waals surface area contributed by atoms with E-state index in [0.717, 1.165) is 26.1 Å². The van der Waals surface area contributed by atoms with Crippen LogP contribution in [0, 0.1) is 18.3 Å². The number of aromatic nitrogens is 3. The van der Waals surface area contributed by atoms with Gasteiger partial charge < -0.3 is 5.32 Å². The minimum atomic E-state index is -4.54. The highest BCUT2D eigenvalue weighted by molar-refractivity contribution is 7.91. The molecule has 3 rings (SSSR count). The lowest BCUT2D eigenvalue weighted by atomic mass is 9.86. The Balaban J connectivity index is 1.84. The van der Waals surface area contributed by atoms with Crippen LogP contribution in [0.25, 0.3) is 11.3 Å². The average molecular weight is 579 g/mol. The number of nitrogens with one attached hydrogen (secondary N) is 1. The van der Waals surface area contributed by atoms with Gasteiger partial charge >= 0.3 is 6.18 Å². The lowest BCUT2D eigenvalue weighted by molar-refractivity contribution is -0.211. The summed E-state index contributed by atoms with van der Waals surface area (Å²) in [4.78, 5) is 17.1. The fraction of sp³-hybridized carbons (Fsp3) is 0.654. The minimum absolute atomic E-state index is 0.00330. The van der Waals surface area contributed by atoms with Crippen LogP contribution < -0.4 is 5.32 Å². The van der Waals surface area contributed by atoms with E-state index in [9.17, 15) is 35.2 Å². The van der Waals surface area contributed by atoms with Gasteiger partial charge in [0.2, 0.25) is 0 Å². The maximum Gasteiger partial charge on any atom is 0.394 e. The highest BCUT2D eigenvalue weighted by Gasteiger charge is 2.47. The summed E-state index contributed by atoms with van der Waals surface area (Å²) < 4.78 is 93.2. The second kappa shape index (κ2) is 11.5. The van der Waals surface area contributed by atoms with E-state index < -0.39 is 45.7 Å². The van der Waals surface area contributed by atoms with Crippen LogP contribution in [-0.4, -0.2) is 53.3 Å². The van der Waals surface area contributed by atoms with Crippen molar-refractivity contribution in [3.05, 3.63) is 34.8 Å². The van der Waals surface area contributed by atoms with E-state index in [1.807, 2.05) is 0 Å². The summed E-state index contributed by atoms with van der Waals surface area (Å²) in [6.45, 7) is 5.87. The second-order valence-corrected chi connectivity index (χ2v) is 13.3. The number of halogens is 5. The number of carbonyl (C=O) groups is 1. The Morgan fingerprint density at radius 3 is 2.31 bits per heavy atom. The number of hydrogen-bond donors (Lipinski definition) is 1. The number of nitrogens with zero attached hydrogens (tertiary/aromatic N) is 3. The van der Waals surface area contributed by atoms with Crippen LogP contribution in [0.1, 0.15) is 80.2 Å². The van der Waals surface area contributed by atoms with Crippen LogP contribution >= 0.6 is 0 Å². The molecule has 0 saturated heterocycles. The van der Waals surface area contributed by atoms with Crippen LogP contribution in [0.4, 0.5) is 22.0 Å². The maximum absolute atomic E-state index is 14.1. The highest BCUT2D eigenvalue weighted by atomic mass is 32.2. The predicted molar refractivity (Wildman–Crippen MR) is 137 cm³/mol. The van der Waals surface area contributed by atoms with Crippen LogP contribution in [0.3, 0.4) is 0 Å². The van der Waals surface area contributed by atoms with E-state index in [1.54, 1.807) is 13.8 Å². The smallest absolute Gasteiger partial charge is 0.350 e. The maximum atomic E-state index is 14.1. The summed E-state index contributed by atoms with van der Waals surface area (Å²) in [7, 11) is -3.10. The average Bonchev–Trinajstić information content (AvgIpc) is 3.17. The molecule has 0 spiro atoms. The molecule has 2 aromatic rings. The lowest BCUT2D eigenvalue weighted by Crippen LogP contribution is -2.34. The molecule has 7 nitrogen and oxygen atoms in total. The highest BCUT2D eigenvalue weighted by Crippen LogP contribution is 2.41. The van der Waals surface area contributed by atoms with Crippen LogP contribution in [0.5, 0.6) is 0 Å². The number of amides is 1. The standard InChI is InChI=1S/C26H35F5N4O3S/c1-6-35-22(20-14-32-17(11-19(20)23(27)28)12-25(3,4)26(29,30)31)15(2)21(34-35)24(36)33-13-16-7-9-18(10-8-16)39(5,37)38/h11,14,16,18,23H,6-10,12-13H2,1-5H3,(H,33,36)/t16-,18+. The van der Waals surface area contributed by atoms with E-state index in [-0.39, 0.29) is 40.4 Å². The zero-order chi connectivity index (χ0) is 29.3. The third-order valence-electron chi connectivity index (χ3n) is 7.53. The Morgan fingerprint density at radius 1 is 1.18 bits per heavy atom. The molecule has 0 bridgehead atoms. The molecule has 1 N–H and O–H groups in total. The first-order valence-electron chi connectivity index (χ1n) is 12.8. The number of sulfone groups is 1. The van der Waals surface area contributed by atoms with Crippen molar-refractivity contribution in [2.45, 2.75) is 84.2 Å². The van der Waals surface area contributed by atoms with Gasteiger partial charge in [0, 0.05) is 54.3 Å². The Labute approximate surface area is 225 Å². The van der Waals surface area contributed by atoms with Crippen molar-refractivity contribution in [3.8, 4) is 11.3 Å². The molecule has 0 aliphatic heterocycles. The monoisotopic (exact) mass is 578 g/mol. The molecule has 1 amide bonds. The molecule has 0 unspecified atom stereocenters. The molecule has 39 heavy (non-hydrogen) atoms. The van der Waals surface area contributed by atoms with Gasteiger partial charge in [0.1, 0.15) is 9.84 Å². The molecule has 0 radical (unpaired) electrons. The molecular formula is C26H35F5N4O3S. The van der Waals surface area contributed by atoms with Crippen molar-refractivity contribution in [3.63, 3.8) is 0 Å². The molecule has 0 aromatic carbocycles. The predicted octanol–water partition coefficient (Wildman–Crippen LogP) is 5.68. The van der Waals surface area contributed by atoms with Crippen LogP contribution in [0.15, 0.2) is 12.3 Å². The van der Waals surface area contributed by atoms with E-state index >= 15 is 0 Å². The largest absolute Gasteiger partial charge is 0.394 e. The molecule has 1 aliphatic rings. The first-order valence-corrected chi connectivity index (χ1v) is 14.8. The van der Waals surface area contributed by atoms with E-state index in [4.69, 9.17) is 0 Å². The fourth-order valence-electron chi connectivity index (χ4n) is 4.97. The Hall–Kier alpha value is -2.57. The summed E-state index contributed by atoms with van der Waals surface area (Å²) in [6.07, 6.45) is -3.35. The first-order chi connectivity index (χ1) is 18.0. The van der Waals surface area contributed by atoms with Gasteiger partial charge in [-0.05, 0) is 51.5 Å². The van der Waals surface area contributed by atoms with Gasteiger partial charge in [0.05, 0.1) is 16.4 Å². The van der Waals surface area contributed by atoms with Gasteiger partial charge in [-0.3, -0.25) is 14.5 Å². The number of aryl methyl sites for hydroxylation is 1. The van der Waals surface area contributed by atoms with Crippen molar-refractivity contribution in [1.82, 2.24) is 20.1 Å². The molecule has 0 atom stereocenters. The van der Waals surface area contributed by atoms with Gasteiger partial charge in [-0.2, -0.15) is 18.3 Å². The van der Waals surface area contributed by atoms with E-state index in [2.05, 4.69) is 15.4 Å². The van der Waals surface area contributed by atoms with Crippen LogP contribution in [0.2, 0.25) is 0 Å². The van der Waals surface area contributed by atoms with Gasteiger partial charge in [0.25, 0.3) is 12.3 Å². The number of alkyl halides is 5. The minimum Gasteiger partial charge on any atom is -0.350 e. The second-order valence-electron chi connectivity index (χ2n) is 10.9. The fourth-order valence-corrected chi connectivity index (χ4v) is 6.10. The third-order valence-corrected chi connectivity index (χ3v) is 9.21. The zero-order valence-corrected chi connectivity index (χ0v) is 23.5.